The summed E-state index contributed by atoms with van der Waals surface area (Å²) in [5, 5.41) is 4.33. The van der Waals surface area contributed by atoms with E-state index in [1.165, 1.54) is 5.69 Å². The van der Waals surface area contributed by atoms with Gasteiger partial charge in [-0.2, -0.15) is 0 Å². The van der Waals surface area contributed by atoms with Crippen LogP contribution < -0.4 is 10.2 Å². The third-order valence-corrected chi connectivity index (χ3v) is 5.14. The molecule has 1 aliphatic heterocycles. The number of nitrogens with one attached hydrogen (secondary N) is 1. The third-order valence-electron chi connectivity index (χ3n) is 5.14. The normalized spacial score (nSPS) is 15.5. The Balaban J connectivity index is 1.41. The van der Waals surface area contributed by atoms with Gasteiger partial charge in [0.2, 0.25) is 0 Å². The fourth-order valence-corrected chi connectivity index (χ4v) is 3.69. The molecule has 128 valence electrons. The molecule has 2 heterocycles. The predicted molar refractivity (Wildman–Crippen MR) is 102 cm³/mol. The van der Waals surface area contributed by atoms with Gasteiger partial charge in [-0.1, -0.05) is 36.4 Å². The Hall–Kier alpha value is -2.75. The molecule has 1 amide bonds. The van der Waals surface area contributed by atoms with Crippen molar-refractivity contribution in [2.75, 3.05) is 18.0 Å². The second-order valence-electron chi connectivity index (χ2n) is 6.72. The molecule has 0 atom stereocenters. The summed E-state index contributed by atoms with van der Waals surface area (Å²) in [6, 6.07) is 20.8. The van der Waals surface area contributed by atoms with Crippen LogP contribution in [0.2, 0.25) is 0 Å². The number of nitrogens with zero attached hydrogens (tertiary/aromatic N) is 2. The van der Waals surface area contributed by atoms with Gasteiger partial charge in [-0.05, 0) is 37.1 Å². The van der Waals surface area contributed by atoms with Crippen LogP contribution >= 0.6 is 0 Å². The largest absolute Gasteiger partial charge is 0.371 e. The van der Waals surface area contributed by atoms with Crippen LogP contribution in [0, 0.1) is 0 Å². The van der Waals surface area contributed by atoms with Gasteiger partial charge in [0.25, 0.3) is 5.91 Å². The van der Waals surface area contributed by atoms with Crippen LogP contribution in [0.3, 0.4) is 0 Å². The second-order valence-corrected chi connectivity index (χ2v) is 6.72. The molecule has 1 aliphatic rings. The zero-order valence-electron chi connectivity index (χ0n) is 14.5. The minimum absolute atomic E-state index is 0.0249. The molecule has 4 nitrogen and oxygen atoms in total. The van der Waals surface area contributed by atoms with E-state index in [1.54, 1.807) is 0 Å². The molecular weight excluding hydrogens is 310 g/mol. The van der Waals surface area contributed by atoms with E-state index in [4.69, 9.17) is 0 Å². The lowest BCUT2D eigenvalue weighted by Crippen LogP contribution is -2.45. The average Bonchev–Trinajstić information content (AvgIpc) is 3.00. The fourth-order valence-electron chi connectivity index (χ4n) is 3.69. The molecule has 25 heavy (non-hydrogen) atoms. The van der Waals surface area contributed by atoms with Gasteiger partial charge in [-0.3, -0.25) is 4.79 Å². The number of carbonyl (C=O) groups excluding carboxylic acids is 1. The summed E-state index contributed by atoms with van der Waals surface area (Å²) in [6.07, 6.45) is 1.95. The predicted octanol–water partition coefficient (Wildman–Crippen LogP) is 3.58. The number of anilines is 1. The van der Waals surface area contributed by atoms with Gasteiger partial charge in [0.1, 0.15) is 5.69 Å². The van der Waals surface area contributed by atoms with Crippen molar-refractivity contribution in [3.05, 3.63) is 66.4 Å². The third kappa shape index (κ3) is 3.12. The minimum atomic E-state index is 0.0249. The number of para-hydroxylation sites is 2. The number of aromatic nitrogens is 1. The van der Waals surface area contributed by atoms with Gasteiger partial charge >= 0.3 is 0 Å². The maximum Gasteiger partial charge on any atom is 0.268 e. The molecule has 4 heteroatoms. The average molecular weight is 333 g/mol. The second kappa shape index (κ2) is 6.63. The summed E-state index contributed by atoms with van der Waals surface area (Å²) in [6.45, 7) is 1.95. The smallest absolute Gasteiger partial charge is 0.268 e. The summed E-state index contributed by atoms with van der Waals surface area (Å²) in [5.41, 5.74) is 3.08. The molecule has 0 saturated carbocycles. The first kappa shape index (κ1) is 15.8. The Kier molecular flexibility index (Phi) is 4.18. The Morgan fingerprint density at radius 2 is 1.68 bits per heavy atom. The highest BCUT2D eigenvalue weighted by atomic mass is 16.2. The van der Waals surface area contributed by atoms with Crippen LogP contribution in [-0.4, -0.2) is 29.6 Å². The van der Waals surface area contributed by atoms with Crippen molar-refractivity contribution in [2.24, 2.45) is 7.05 Å². The van der Waals surface area contributed by atoms with Gasteiger partial charge in [0.15, 0.2) is 0 Å². The van der Waals surface area contributed by atoms with E-state index >= 15 is 0 Å². The number of hydrogen-bond donors (Lipinski definition) is 1. The SMILES string of the molecule is Cn1c(C(=O)NC2CCN(c3ccccc3)CC2)cc2ccccc21. The molecule has 2 aromatic carbocycles. The summed E-state index contributed by atoms with van der Waals surface area (Å²) in [7, 11) is 1.95. The van der Waals surface area contributed by atoms with Crippen LogP contribution in [0.5, 0.6) is 0 Å². The number of aryl methyl sites for hydroxylation is 1. The molecule has 0 aliphatic carbocycles. The monoisotopic (exact) mass is 333 g/mol. The van der Waals surface area contributed by atoms with Crippen LogP contribution in [0.1, 0.15) is 23.3 Å². The molecule has 1 fully saturated rings. The van der Waals surface area contributed by atoms with E-state index in [1.807, 2.05) is 48.0 Å². The Morgan fingerprint density at radius 1 is 1.00 bits per heavy atom. The summed E-state index contributed by atoms with van der Waals surface area (Å²) in [4.78, 5) is 15.1. The van der Waals surface area contributed by atoms with Gasteiger partial charge in [0.05, 0.1) is 0 Å². The zero-order chi connectivity index (χ0) is 17.2. The molecule has 1 saturated heterocycles. The highest BCUT2D eigenvalue weighted by Crippen LogP contribution is 2.21. The van der Waals surface area contributed by atoms with Gasteiger partial charge in [-0.25, -0.2) is 0 Å². The number of fused-ring (bicyclic) bond motifs is 1. The van der Waals surface area contributed by atoms with Gasteiger partial charge in [-0.15, -0.1) is 0 Å². The summed E-state index contributed by atoms with van der Waals surface area (Å²) in [5.74, 6) is 0.0249. The number of amides is 1. The maximum atomic E-state index is 12.7. The first-order valence-electron chi connectivity index (χ1n) is 8.88. The molecule has 1 N–H and O–H groups in total. The Labute approximate surface area is 148 Å². The Bertz CT molecular complexity index is 877. The van der Waals surface area contributed by atoms with E-state index in [9.17, 15) is 4.79 Å². The number of hydrogen-bond acceptors (Lipinski definition) is 2. The van der Waals surface area contributed by atoms with Crippen LogP contribution in [0.15, 0.2) is 60.7 Å². The number of benzene rings is 2. The first-order chi connectivity index (χ1) is 12.2. The van der Waals surface area contributed by atoms with E-state index in [0.717, 1.165) is 42.5 Å². The summed E-state index contributed by atoms with van der Waals surface area (Å²) >= 11 is 0. The van der Waals surface area contributed by atoms with Gasteiger partial charge in [0, 0.05) is 42.8 Å². The van der Waals surface area contributed by atoms with Crippen molar-refractivity contribution in [2.45, 2.75) is 18.9 Å². The highest BCUT2D eigenvalue weighted by Gasteiger charge is 2.22. The van der Waals surface area contributed by atoms with Crippen LogP contribution in [-0.2, 0) is 7.05 Å². The summed E-state index contributed by atoms with van der Waals surface area (Å²) < 4.78 is 1.98. The molecule has 0 spiro atoms. The maximum absolute atomic E-state index is 12.7. The van der Waals surface area contributed by atoms with Crippen molar-refractivity contribution in [1.82, 2.24) is 9.88 Å². The number of rotatable bonds is 3. The molecule has 0 radical (unpaired) electrons. The van der Waals surface area contributed by atoms with Crippen molar-refractivity contribution >= 4 is 22.5 Å². The van der Waals surface area contributed by atoms with Crippen molar-refractivity contribution < 1.29 is 4.79 Å². The van der Waals surface area contributed by atoms with Gasteiger partial charge < -0.3 is 14.8 Å². The lowest BCUT2D eigenvalue weighted by atomic mass is 10.0. The van der Waals surface area contributed by atoms with E-state index in [2.05, 4.69) is 34.5 Å². The number of piperidine rings is 1. The van der Waals surface area contributed by atoms with E-state index in [-0.39, 0.29) is 11.9 Å². The number of carbonyl (C=O) groups is 1. The highest BCUT2D eigenvalue weighted by molar-refractivity contribution is 5.98. The van der Waals surface area contributed by atoms with Crippen molar-refractivity contribution in [3.8, 4) is 0 Å². The van der Waals surface area contributed by atoms with E-state index < -0.39 is 0 Å². The van der Waals surface area contributed by atoms with Crippen molar-refractivity contribution in [1.29, 1.82) is 0 Å². The topological polar surface area (TPSA) is 37.3 Å². The zero-order valence-corrected chi connectivity index (χ0v) is 14.5. The Morgan fingerprint density at radius 3 is 2.40 bits per heavy atom. The van der Waals surface area contributed by atoms with Crippen molar-refractivity contribution in [3.63, 3.8) is 0 Å². The van der Waals surface area contributed by atoms with Crippen LogP contribution in [0.25, 0.3) is 10.9 Å². The molecular formula is C21H23N3O. The first-order valence-corrected chi connectivity index (χ1v) is 8.88. The van der Waals surface area contributed by atoms with E-state index in [0.29, 0.717) is 0 Å². The minimum Gasteiger partial charge on any atom is -0.371 e. The standard InChI is InChI=1S/C21H23N3O/c1-23-19-10-6-5-7-16(19)15-20(23)21(25)22-17-11-13-24(14-12-17)18-8-3-2-4-9-18/h2-10,15,17H,11-14H2,1H3,(H,22,25). The molecule has 0 bridgehead atoms. The fraction of sp³-hybridized carbons (Fsp3) is 0.286. The molecule has 0 unspecified atom stereocenters. The lowest BCUT2D eigenvalue weighted by molar-refractivity contribution is 0.0923. The van der Waals surface area contributed by atoms with Crippen LogP contribution in [0.4, 0.5) is 5.69 Å². The lowest BCUT2D eigenvalue weighted by Gasteiger charge is -2.34. The molecule has 3 aromatic rings. The quantitative estimate of drug-likeness (QED) is 0.795. The molecule has 4 rings (SSSR count). The molecule has 1 aromatic heterocycles.